The lowest BCUT2D eigenvalue weighted by atomic mass is 9.88. The van der Waals surface area contributed by atoms with E-state index in [-0.39, 0.29) is 23.2 Å². The molecule has 9 nitrogen and oxygen atoms in total. The zero-order valence-electron chi connectivity index (χ0n) is 16.9. The largest absolute Gasteiger partial charge is 0.508 e. The number of fused-ring (bicyclic) bond motifs is 1. The lowest BCUT2D eigenvalue weighted by Crippen LogP contribution is -2.47. The molecule has 1 aliphatic heterocycles. The molecule has 33 heavy (non-hydrogen) atoms. The number of urea groups is 1. The number of phenolic OH excluding ortho intramolecular Hbond substituents is 1. The Morgan fingerprint density at radius 2 is 1.73 bits per heavy atom. The van der Waals surface area contributed by atoms with Crippen molar-refractivity contribution in [2.75, 3.05) is 0 Å². The number of pyridine rings is 1. The number of aromatic hydroxyl groups is 2. The molecule has 5 rings (SSSR count). The third-order valence-corrected chi connectivity index (χ3v) is 6.04. The van der Waals surface area contributed by atoms with Gasteiger partial charge in [-0.1, -0.05) is 35.9 Å². The summed E-state index contributed by atoms with van der Waals surface area (Å²) in [5.74, 6) is -0.712. The molecule has 3 heterocycles. The second-order valence-electron chi connectivity index (χ2n) is 7.81. The van der Waals surface area contributed by atoms with Crippen LogP contribution >= 0.6 is 11.6 Å². The first kappa shape index (κ1) is 20.7. The predicted octanol–water partition coefficient (Wildman–Crippen LogP) is 2.80. The summed E-state index contributed by atoms with van der Waals surface area (Å²) in [4.78, 5) is 39.1. The molecule has 0 radical (unpaired) electrons. The summed E-state index contributed by atoms with van der Waals surface area (Å²) in [5.41, 5.74) is 0.0297. The zero-order valence-corrected chi connectivity index (χ0v) is 17.7. The van der Waals surface area contributed by atoms with Gasteiger partial charge in [-0.05, 0) is 41.0 Å². The molecule has 2 aromatic heterocycles. The third-order valence-electron chi connectivity index (χ3n) is 5.76. The van der Waals surface area contributed by atoms with Gasteiger partial charge in [0, 0.05) is 23.2 Å². The Kier molecular flexibility index (Phi) is 4.64. The van der Waals surface area contributed by atoms with Crippen LogP contribution in [0.2, 0.25) is 5.02 Å². The predicted molar refractivity (Wildman–Crippen MR) is 121 cm³/mol. The fraction of sp³-hybridized carbons (Fsp3) is 0.0870. The molecule has 0 spiro atoms. The van der Waals surface area contributed by atoms with Gasteiger partial charge >= 0.3 is 6.03 Å². The summed E-state index contributed by atoms with van der Waals surface area (Å²) in [6, 6.07) is 12.3. The lowest BCUT2D eigenvalue weighted by molar-refractivity contribution is -0.124. The van der Waals surface area contributed by atoms with Crippen LogP contribution in [0.3, 0.4) is 0 Å². The number of H-pyrrole nitrogens is 1. The van der Waals surface area contributed by atoms with Gasteiger partial charge in [0.25, 0.3) is 11.5 Å². The fourth-order valence-corrected chi connectivity index (χ4v) is 4.25. The number of carbonyl (C=O) groups excluding carboxylic acids is 2. The standard InChI is InChI=1S/C23H17ClN4O5/c24-18-7-14(9-25-19(18)30)12-1-4-15(5-2-12)23(21(32)26-22(33)27-23)11-28-10-13-3-6-16(29)8-17(13)20(28)31/h1-10,29,31H,11H2,(H,25,30)(H2,26,27,32,33)/t23-/m0/s1. The van der Waals surface area contributed by atoms with Gasteiger partial charge in [-0.3, -0.25) is 14.9 Å². The van der Waals surface area contributed by atoms with Crippen molar-refractivity contribution >= 4 is 34.3 Å². The van der Waals surface area contributed by atoms with Crippen LogP contribution in [-0.4, -0.2) is 31.7 Å². The average molecular weight is 465 g/mol. The van der Waals surface area contributed by atoms with E-state index in [9.17, 15) is 24.6 Å². The van der Waals surface area contributed by atoms with Crippen molar-refractivity contribution in [2.45, 2.75) is 12.1 Å². The van der Waals surface area contributed by atoms with E-state index in [1.165, 1.54) is 29.0 Å². The molecule has 0 aliphatic carbocycles. The Labute approximate surface area is 191 Å². The molecule has 0 saturated carbocycles. The van der Waals surface area contributed by atoms with Crippen LogP contribution in [0, 0.1) is 0 Å². The molecule has 1 saturated heterocycles. The summed E-state index contributed by atoms with van der Waals surface area (Å²) in [6.07, 6.45) is 3.17. The number of nitrogens with one attached hydrogen (secondary N) is 3. The first-order valence-electron chi connectivity index (χ1n) is 9.90. The zero-order chi connectivity index (χ0) is 23.3. The van der Waals surface area contributed by atoms with Gasteiger partial charge in [0.05, 0.1) is 6.54 Å². The number of hydrogen-bond acceptors (Lipinski definition) is 5. The van der Waals surface area contributed by atoms with Crippen LogP contribution < -0.4 is 16.2 Å². The monoisotopic (exact) mass is 464 g/mol. The topological polar surface area (TPSA) is 136 Å². The molecule has 166 valence electrons. The average Bonchev–Trinajstić information content (AvgIpc) is 3.25. The van der Waals surface area contributed by atoms with Crippen LogP contribution in [0.1, 0.15) is 5.56 Å². The minimum atomic E-state index is -1.48. The Hall–Kier alpha value is -4.24. The molecule has 5 N–H and O–H groups in total. The van der Waals surface area contributed by atoms with Gasteiger partial charge in [0.2, 0.25) is 0 Å². The lowest BCUT2D eigenvalue weighted by Gasteiger charge is -2.27. The molecule has 4 aromatic rings. The number of carbonyl (C=O) groups is 2. The number of hydrogen-bond donors (Lipinski definition) is 5. The summed E-state index contributed by atoms with van der Waals surface area (Å²) in [5, 5.41) is 26.5. The van der Waals surface area contributed by atoms with E-state index in [0.29, 0.717) is 21.9 Å². The van der Waals surface area contributed by atoms with Crippen molar-refractivity contribution < 1.29 is 19.8 Å². The van der Waals surface area contributed by atoms with Gasteiger partial charge in [-0.25, -0.2) is 4.79 Å². The number of rotatable bonds is 4. The number of aromatic nitrogens is 2. The minimum absolute atomic E-state index is 0.00451. The Balaban J connectivity index is 1.57. The number of benzene rings is 2. The second-order valence-corrected chi connectivity index (χ2v) is 8.22. The SMILES string of the molecule is O=C1NC(=O)[C@](Cn2cc3ccc(O)cc3c2O)(c2ccc(-c3c[nH]c(=O)c(Cl)c3)cc2)N1. The number of amides is 3. The molecular weight excluding hydrogens is 448 g/mol. The molecule has 1 aliphatic rings. The van der Waals surface area contributed by atoms with Crippen molar-refractivity contribution in [3.05, 3.63) is 81.9 Å². The second kappa shape index (κ2) is 7.42. The van der Waals surface area contributed by atoms with Gasteiger partial charge in [-0.2, -0.15) is 0 Å². The van der Waals surface area contributed by atoms with Crippen molar-refractivity contribution in [1.29, 1.82) is 0 Å². The number of nitrogens with zero attached hydrogens (tertiary/aromatic N) is 1. The van der Waals surface area contributed by atoms with Crippen molar-refractivity contribution in [2.24, 2.45) is 0 Å². The summed E-state index contributed by atoms with van der Waals surface area (Å²) in [7, 11) is 0. The Morgan fingerprint density at radius 1 is 0.970 bits per heavy atom. The van der Waals surface area contributed by atoms with Gasteiger partial charge in [0.15, 0.2) is 11.4 Å². The van der Waals surface area contributed by atoms with Crippen molar-refractivity contribution in [3.63, 3.8) is 0 Å². The first-order valence-corrected chi connectivity index (χ1v) is 10.3. The van der Waals surface area contributed by atoms with E-state index in [4.69, 9.17) is 11.6 Å². The smallest absolute Gasteiger partial charge is 0.322 e. The van der Waals surface area contributed by atoms with Gasteiger partial charge < -0.3 is 25.1 Å². The molecular formula is C23H17ClN4O5. The van der Waals surface area contributed by atoms with E-state index in [2.05, 4.69) is 15.6 Å². The molecule has 1 atom stereocenters. The summed E-state index contributed by atoms with van der Waals surface area (Å²) < 4.78 is 1.45. The Bertz CT molecular complexity index is 1490. The fourth-order valence-electron chi connectivity index (χ4n) is 4.08. The van der Waals surface area contributed by atoms with Gasteiger partial charge in [0.1, 0.15) is 10.8 Å². The molecule has 0 bridgehead atoms. The van der Waals surface area contributed by atoms with Crippen molar-refractivity contribution in [3.8, 4) is 22.8 Å². The molecule has 10 heteroatoms. The van der Waals surface area contributed by atoms with E-state index < -0.39 is 23.0 Å². The highest BCUT2D eigenvalue weighted by atomic mass is 35.5. The van der Waals surface area contributed by atoms with Crippen LogP contribution in [-0.2, 0) is 16.9 Å². The van der Waals surface area contributed by atoms with E-state index in [0.717, 1.165) is 5.56 Å². The highest BCUT2D eigenvalue weighted by molar-refractivity contribution is 6.30. The van der Waals surface area contributed by atoms with Crippen LogP contribution in [0.15, 0.2) is 65.7 Å². The summed E-state index contributed by atoms with van der Waals surface area (Å²) >= 11 is 5.92. The van der Waals surface area contributed by atoms with E-state index in [1.54, 1.807) is 36.5 Å². The third kappa shape index (κ3) is 3.39. The maximum absolute atomic E-state index is 12.9. The molecule has 3 amide bonds. The Morgan fingerprint density at radius 3 is 2.39 bits per heavy atom. The highest BCUT2D eigenvalue weighted by Crippen LogP contribution is 2.35. The highest BCUT2D eigenvalue weighted by Gasteiger charge is 2.48. The van der Waals surface area contributed by atoms with E-state index in [1.807, 2.05) is 0 Å². The van der Waals surface area contributed by atoms with Crippen LogP contribution in [0.5, 0.6) is 11.6 Å². The maximum Gasteiger partial charge on any atom is 0.322 e. The first-order chi connectivity index (χ1) is 15.8. The molecule has 2 aromatic carbocycles. The number of phenols is 1. The van der Waals surface area contributed by atoms with E-state index >= 15 is 0 Å². The number of aromatic amines is 1. The molecule has 1 fully saturated rings. The minimum Gasteiger partial charge on any atom is -0.508 e. The normalized spacial score (nSPS) is 17.8. The maximum atomic E-state index is 12.9. The van der Waals surface area contributed by atoms with Crippen molar-refractivity contribution in [1.82, 2.24) is 20.2 Å². The number of imide groups is 1. The van der Waals surface area contributed by atoms with Crippen LogP contribution in [0.4, 0.5) is 4.79 Å². The summed E-state index contributed by atoms with van der Waals surface area (Å²) in [6.45, 7) is -0.0876. The number of halogens is 1. The van der Waals surface area contributed by atoms with Gasteiger partial charge in [-0.15, -0.1) is 0 Å². The molecule has 0 unspecified atom stereocenters. The quantitative estimate of drug-likeness (QED) is 0.296. The van der Waals surface area contributed by atoms with Crippen LogP contribution in [0.25, 0.3) is 21.9 Å².